The van der Waals surface area contributed by atoms with Crippen molar-refractivity contribution in [2.24, 2.45) is 10.9 Å². The molecule has 3 fully saturated rings. The van der Waals surface area contributed by atoms with Crippen LogP contribution in [0, 0.1) is 19.8 Å². The number of hydrogen-bond donors (Lipinski definition) is 0. The molecule has 1 amide bonds. The fraction of sp³-hybridized carbons (Fsp3) is 0.529. The number of aryl methyl sites for hydroxylation is 2. The van der Waals surface area contributed by atoms with Gasteiger partial charge in [0.05, 0.1) is 17.5 Å². The lowest BCUT2D eigenvalue weighted by molar-refractivity contribution is -0.118. The van der Waals surface area contributed by atoms with Crippen LogP contribution in [-0.4, -0.2) is 42.3 Å². The molecule has 0 N–H and O–H groups in total. The quantitative estimate of drug-likeness (QED) is 0.806. The van der Waals surface area contributed by atoms with Gasteiger partial charge in [-0.2, -0.15) is 4.99 Å². The third kappa shape index (κ3) is 2.88. The molecule has 1 aliphatic carbocycles. The molecule has 5 nitrogen and oxygen atoms in total. The summed E-state index contributed by atoms with van der Waals surface area (Å²) in [6, 6.07) is 6.00. The fourth-order valence-electron chi connectivity index (χ4n) is 3.34. The average molecular weight is 364 g/mol. The summed E-state index contributed by atoms with van der Waals surface area (Å²) in [5, 5.41) is 0.631. The van der Waals surface area contributed by atoms with Gasteiger partial charge in [0.25, 0.3) is 5.91 Å². The number of hydrogen-bond acceptors (Lipinski definition) is 4. The van der Waals surface area contributed by atoms with Gasteiger partial charge in [0.2, 0.25) is 0 Å². The van der Waals surface area contributed by atoms with Gasteiger partial charge in [-0.15, -0.1) is 0 Å². The lowest BCUT2D eigenvalue weighted by atomic mass is 10.1. The van der Waals surface area contributed by atoms with E-state index in [0.717, 1.165) is 29.7 Å². The maximum atomic E-state index is 12.2. The van der Waals surface area contributed by atoms with Crippen LogP contribution < -0.4 is 4.90 Å². The van der Waals surface area contributed by atoms with Gasteiger partial charge in [0.15, 0.2) is 15.0 Å². The predicted molar refractivity (Wildman–Crippen MR) is 97.4 cm³/mol. The van der Waals surface area contributed by atoms with Crippen LogP contribution in [0.4, 0.5) is 5.69 Å². The minimum absolute atomic E-state index is 0.0411. The zero-order valence-corrected chi connectivity index (χ0v) is 15.4. The van der Waals surface area contributed by atoms with E-state index in [2.05, 4.69) is 11.1 Å². The van der Waals surface area contributed by atoms with Gasteiger partial charge in [-0.1, -0.05) is 23.9 Å². The summed E-state index contributed by atoms with van der Waals surface area (Å²) in [6.45, 7) is 4.03. The van der Waals surface area contributed by atoms with Gasteiger partial charge in [-0.25, -0.2) is 8.42 Å². The number of anilines is 1. The number of amidine groups is 1. The molecule has 2 saturated heterocycles. The summed E-state index contributed by atoms with van der Waals surface area (Å²) in [6.07, 6.45) is 1.84. The Kier molecular flexibility index (Phi) is 3.76. The SMILES string of the molecule is Cc1ccc(C)c(N2C(=NC(=O)C3CC3)S[C@H]3CS(=O)(=O)C[C@@H]32)c1. The molecule has 7 heteroatoms. The second-order valence-electron chi connectivity index (χ2n) is 6.97. The molecule has 1 aromatic carbocycles. The summed E-state index contributed by atoms with van der Waals surface area (Å²) in [5.74, 6) is 0.313. The molecule has 128 valence electrons. The molecular formula is C17H20N2O3S2. The zero-order chi connectivity index (χ0) is 17.1. The third-order valence-electron chi connectivity index (χ3n) is 4.82. The molecule has 0 aromatic heterocycles. The molecule has 4 rings (SSSR count). The van der Waals surface area contributed by atoms with Crippen molar-refractivity contribution in [2.75, 3.05) is 16.4 Å². The minimum atomic E-state index is -3.03. The highest BCUT2D eigenvalue weighted by Gasteiger charge is 2.50. The molecule has 0 unspecified atom stereocenters. The summed E-state index contributed by atoms with van der Waals surface area (Å²) < 4.78 is 24.1. The second-order valence-corrected chi connectivity index (χ2v) is 10.3. The standard InChI is InChI=1S/C17H20N2O3S2/c1-10-3-4-11(2)13(7-10)19-14-8-24(21,22)9-15(14)23-17(19)18-16(20)12-5-6-12/h3-4,7,12,14-15H,5-6,8-9H2,1-2H3/t14-,15-/m0/s1. The molecule has 2 aliphatic heterocycles. The van der Waals surface area contributed by atoms with Crippen molar-refractivity contribution in [1.82, 2.24) is 0 Å². The van der Waals surface area contributed by atoms with Crippen LogP contribution in [0.25, 0.3) is 0 Å². The van der Waals surface area contributed by atoms with Crippen LogP contribution in [0.3, 0.4) is 0 Å². The van der Waals surface area contributed by atoms with E-state index in [-0.39, 0.29) is 34.6 Å². The number of carbonyl (C=O) groups excluding carboxylic acids is 1. The summed E-state index contributed by atoms with van der Waals surface area (Å²) in [4.78, 5) is 18.6. The number of fused-ring (bicyclic) bond motifs is 1. The topological polar surface area (TPSA) is 66.8 Å². The lowest BCUT2D eigenvalue weighted by Gasteiger charge is -2.26. The number of aliphatic imine (C=N–C) groups is 1. The number of carbonyl (C=O) groups is 1. The van der Waals surface area contributed by atoms with E-state index in [0.29, 0.717) is 5.17 Å². The Morgan fingerprint density at radius 3 is 2.71 bits per heavy atom. The second kappa shape index (κ2) is 5.59. The van der Waals surface area contributed by atoms with Gasteiger partial charge in [0, 0.05) is 16.9 Å². The van der Waals surface area contributed by atoms with E-state index >= 15 is 0 Å². The van der Waals surface area contributed by atoms with Crippen LogP contribution in [0.15, 0.2) is 23.2 Å². The highest BCUT2D eigenvalue weighted by Crippen LogP contribution is 2.42. The molecular weight excluding hydrogens is 344 g/mol. The summed E-state index contributed by atoms with van der Waals surface area (Å²) in [7, 11) is -3.03. The van der Waals surface area contributed by atoms with E-state index in [1.165, 1.54) is 11.8 Å². The molecule has 3 aliphatic rings. The van der Waals surface area contributed by atoms with Crippen molar-refractivity contribution < 1.29 is 13.2 Å². The molecule has 1 saturated carbocycles. The first-order chi connectivity index (χ1) is 11.3. The number of thioether (sulfide) groups is 1. The first-order valence-corrected chi connectivity index (χ1v) is 10.9. The zero-order valence-electron chi connectivity index (χ0n) is 13.7. The van der Waals surface area contributed by atoms with E-state index in [1.807, 2.05) is 30.9 Å². The minimum Gasteiger partial charge on any atom is -0.315 e. The highest BCUT2D eigenvalue weighted by atomic mass is 32.2. The van der Waals surface area contributed by atoms with Gasteiger partial charge >= 0.3 is 0 Å². The monoisotopic (exact) mass is 364 g/mol. The van der Waals surface area contributed by atoms with E-state index in [9.17, 15) is 13.2 Å². The molecule has 1 aromatic rings. The Balaban J connectivity index is 1.77. The molecule has 24 heavy (non-hydrogen) atoms. The maximum Gasteiger partial charge on any atom is 0.251 e. The smallest absolute Gasteiger partial charge is 0.251 e. The lowest BCUT2D eigenvalue weighted by Crippen LogP contribution is -2.38. The van der Waals surface area contributed by atoms with Gasteiger partial charge in [0.1, 0.15) is 0 Å². The molecule has 2 heterocycles. The first kappa shape index (κ1) is 16.1. The van der Waals surface area contributed by atoms with Gasteiger partial charge in [-0.05, 0) is 43.9 Å². The average Bonchev–Trinajstić information content (AvgIpc) is 3.23. The Labute approximate surface area is 146 Å². The molecule has 0 bridgehead atoms. The Morgan fingerprint density at radius 2 is 2.00 bits per heavy atom. The fourth-order valence-corrected chi connectivity index (χ4v) is 7.25. The molecule has 0 radical (unpaired) electrons. The number of nitrogens with zero attached hydrogens (tertiary/aromatic N) is 2. The number of amides is 1. The largest absolute Gasteiger partial charge is 0.315 e. The molecule has 0 spiro atoms. The van der Waals surface area contributed by atoms with Gasteiger partial charge < -0.3 is 4.90 Å². The van der Waals surface area contributed by atoms with Crippen molar-refractivity contribution >= 4 is 38.4 Å². The van der Waals surface area contributed by atoms with Crippen molar-refractivity contribution in [2.45, 2.75) is 38.0 Å². The van der Waals surface area contributed by atoms with Crippen LogP contribution in [0.5, 0.6) is 0 Å². The van der Waals surface area contributed by atoms with Crippen LogP contribution in [0.1, 0.15) is 24.0 Å². The van der Waals surface area contributed by atoms with Crippen molar-refractivity contribution in [3.63, 3.8) is 0 Å². The number of sulfone groups is 1. The normalized spacial score (nSPS) is 29.9. The van der Waals surface area contributed by atoms with Gasteiger partial charge in [-0.3, -0.25) is 4.79 Å². The Hall–Kier alpha value is -1.34. The molecule has 2 atom stereocenters. The van der Waals surface area contributed by atoms with Crippen molar-refractivity contribution in [3.05, 3.63) is 29.3 Å². The van der Waals surface area contributed by atoms with E-state index in [4.69, 9.17) is 0 Å². The van der Waals surface area contributed by atoms with Crippen molar-refractivity contribution in [1.29, 1.82) is 0 Å². The summed E-state index contributed by atoms with van der Waals surface area (Å²) >= 11 is 1.45. The number of rotatable bonds is 2. The van der Waals surface area contributed by atoms with E-state index < -0.39 is 9.84 Å². The Morgan fingerprint density at radius 1 is 1.25 bits per heavy atom. The first-order valence-electron chi connectivity index (χ1n) is 8.20. The van der Waals surface area contributed by atoms with Crippen molar-refractivity contribution in [3.8, 4) is 0 Å². The van der Waals surface area contributed by atoms with Crippen LogP contribution in [0.2, 0.25) is 0 Å². The number of benzene rings is 1. The predicted octanol–water partition coefficient (Wildman–Crippen LogP) is 2.31. The van der Waals surface area contributed by atoms with E-state index in [1.54, 1.807) is 0 Å². The third-order valence-corrected chi connectivity index (χ3v) is 8.03. The Bertz CT molecular complexity index is 843. The van der Waals surface area contributed by atoms with Crippen LogP contribution in [-0.2, 0) is 14.6 Å². The highest BCUT2D eigenvalue weighted by molar-refractivity contribution is 8.16. The van der Waals surface area contributed by atoms with Crippen LogP contribution >= 0.6 is 11.8 Å². The maximum absolute atomic E-state index is 12.2. The summed E-state index contributed by atoms with van der Waals surface area (Å²) in [5.41, 5.74) is 3.14.